The second-order valence-electron chi connectivity index (χ2n) is 7.59. The second kappa shape index (κ2) is 7.76. The number of hydrogen-bond donors (Lipinski definition) is 0. The maximum atomic E-state index is 14.0. The van der Waals surface area contributed by atoms with E-state index in [4.69, 9.17) is 0 Å². The summed E-state index contributed by atoms with van der Waals surface area (Å²) in [6.45, 7) is 4.28. The Bertz CT molecular complexity index is 814. The van der Waals surface area contributed by atoms with Gasteiger partial charge < -0.3 is 9.47 Å². The highest BCUT2D eigenvalue weighted by molar-refractivity contribution is 5.94. The third-order valence-electron chi connectivity index (χ3n) is 5.74. The molecular formula is C20H26FN5O. The molecule has 2 aliphatic heterocycles. The molecular weight excluding hydrogens is 345 g/mol. The third-order valence-corrected chi connectivity index (χ3v) is 5.74. The van der Waals surface area contributed by atoms with Gasteiger partial charge in [-0.25, -0.2) is 4.39 Å². The highest BCUT2D eigenvalue weighted by atomic mass is 19.1. The van der Waals surface area contributed by atoms with Crippen LogP contribution in [0.15, 0.2) is 24.3 Å². The largest absolute Gasteiger partial charge is 0.338 e. The van der Waals surface area contributed by atoms with Crippen molar-refractivity contribution < 1.29 is 9.18 Å². The highest BCUT2D eigenvalue weighted by Gasteiger charge is 2.30. The Morgan fingerprint density at radius 3 is 2.70 bits per heavy atom. The van der Waals surface area contributed by atoms with E-state index in [0.29, 0.717) is 13.1 Å². The van der Waals surface area contributed by atoms with Crippen molar-refractivity contribution in [1.82, 2.24) is 24.6 Å². The fourth-order valence-electron chi connectivity index (χ4n) is 4.19. The minimum absolute atomic E-state index is 0.138. The van der Waals surface area contributed by atoms with E-state index in [9.17, 15) is 9.18 Å². The van der Waals surface area contributed by atoms with E-state index in [2.05, 4.69) is 19.7 Å². The van der Waals surface area contributed by atoms with Crippen molar-refractivity contribution in [3.05, 3.63) is 47.3 Å². The number of hydrogen-bond acceptors (Lipinski definition) is 4. The quantitative estimate of drug-likeness (QED) is 0.829. The fraction of sp³-hybridized carbons (Fsp3) is 0.550. The van der Waals surface area contributed by atoms with E-state index in [1.807, 2.05) is 7.05 Å². The zero-order valence-corrected chi connectivity index (χ0v) is 15.8. The Kier molecular flexibility index (Phi) is 5.20. The van der Waals surface area contributed by atoms with Crippen LogP contribution in [0.4, 0.5) is 4.39 Å². The summed E-state index contributed by atoms with van der Waals surface area (Å²) in [4.78, 5) is 16.9. The molecule has 0 N–H and O–H groups in total. The first-order valence-corrected chi connectivity index (χ1v) is 9.78. The molecule has 1 atom stereocenters. The van der Waals surface area contributed by atoms with Gasteiger partial charge in [0.25, 0.3) is 5.91 Å². The van der Waals surface area contributed by atoms with Crippen molar-refractivity contribution in [2.45, 2.75) is 38.1 Å². The Balaban J connectivity index is 1.47. The molecule has 3 heterocycles. The number of aromatic nitrogens is 3. The van der Waals surface area contributed by atoms with Crippen LogP contribution in [-0.4, -0.2) is 56.7 Å². The Morgan fingerprint density at radius 1 is 1.15 bits per heavy atom. The van der Waals surface area contributed by atoms with E-state index >= 15 is 0 Å². The number of carbonyl (C=O) groups excluding carboxylic acids is 1. The van der Waals surface area contributed by atoms with Crippen molar-refractivity contribution in [3.8, 4) is 0 Å². The second-order valence-corrected chi connectivity index (χ2v) is 7.59. The molecule has 0 unspecified atom stereocenters. The summed E-state index contributed by atoms with van der Waals surface area (Å²) in [6.07, 6.45) is 4.36. The number of rotatable bonds is 4. The number of carbonyl (C=O) groups is 1. The minimum atomic E-state index is -0.462. The number of amides is 1. The number of piperidine rings is 1. The molecule has 0 aliphatic carbocycles. The molecule has 0 spiro atoms. The number of halogens is 1. The van der Waals surface area contributed by atoms with E-state index in [0.717, 1.165) is 44.1 Å². The minimum Gasteiger partial charge on any atom is -0.338 e. The molecule has 0 radical (unpaired) electrons. The maximum Gasteiger partial charge on any atom is 0.256 e. The van der Waals surface area contributed by atoms with Gasteiger partial charge in [-0.15, -0.1) is 10.2 Å². The Hall–Kier alpha value is -2.28. The average molecular weight is 371 g/mol. The zero-order chi connectivity index (χ0) is 18.8. The summed E-state index contributed by atoms with van der Waals surface area (Å²) in [7, 11) is 2.01. The SMILES string of the molecule is Cn1c(CN2CCCC2)nnc1[C@@H]1CCCN(C(=O)c2ccccc2F)C1. The van der Waals surface area contributed by atoms with E-state index in [-0.39, 0.29) is 17.4 Å². The lowest BCUT2D eigenvalue weighted by molar-refractivity contribution is 0.0698. The predicted octanol–water partition coefficient (Wildman–Crippen LogP) is 2.57. The van der Waals surface area contributed by atoms with Gasteiger partial charge >= 0.3 is 0 Å². The lowest BCUT2D eigenvalue weighted by Gasteiger charge is -2.32. The number of nitrogens with zero attached hydrogens (tertiary/aromatic N) is 5. The number of benzene rings is 1. The summed E-state index contributed by atoms with van der Waals surface area (Å²) in [5.41, 5.74) is 0.144. The summed E-state index contributed by atoms with van der Waals surface area (Å²) in [6, 6.07) is 6.19. The summed E-state index contributed by atoms with van der Waals surface area (Å²) >= 11 is 0. The van der Waals surface area contributed by atoms with Gasteiger partial charge in [0.15, 0.2) is 0 Å². The van der Waals surface area contributed by atoms with Crippen LogP contribution in [-0.2, 0) is 13.6 Å². The summed E-state index contributed by atoms with van der Waals surface area (Å²) in [5, 5.41) is 8.84. The standard InChI is InChI=1S/C20H26FN5O/c1-24-18(14-25-10-4-5-11-25)22-23-19(24)15-7-6-12-26(13-15)20(27)16-8-2-3-9-17(16)21/h2-3,8-9,15H,4-7,10-14H2,1H3/t15-/m1/s1. The molecule has 2 aromatic rings. The molecule has 7 heteroatoms. The van der Waals surface area contributed by atoms with Gasteiger partial charge in [-0.3, -0.25) is 9.69 Å². The maximum absolute atomic E-state index is 14.0. The van der Waals surface area contributed by atoms with Crippen LogP contribution in [0.5, 0.6) is 0 Å². The first kappa shape index (κ1) is 18.1. The average Bonchev–Trinajstić information content (AvgIpc) is 3.32. The topological polar surface area (TPSA) is 54.3 Å². The van der Waals surface area contributed by atoms with Crippen LogP contribution in [0.1, 0.15) is 53.6 Å². The molecule has 2 fully saturated rings. The Labute approximate surface area is 159 Å². The van der Waals surface area contributed by atoms with Gasteiger partial charge in [0, 0.05) is 26.1 Å². The lowest BCUT2D eigenvalue weighted by Crippen LogP contribution is -2.40. The Morgan fingerprint density at radius 2 is 1.93 bits per heavy atom. The van der Waals surface area contributed by atoms with Crippen molar-refractivity contribution in [2.75, 3.05) is 26.2 Å². The fourth-order valence-corrected chi connectivity index (χ4v) is 4.19. The van der Waals surface area contributed by atoms with Gasteiger partial charge in [-0.05, 0) is 50.9 Å². The van der Waals surface area contributed by atoms with Crippen LogP contribution in [0.3, 0.4) is 0 Å². The third kappa shape index (κ3) is 3.74. The molecule has 27 heavy (non-hydrogen) atoms. The van der Waals surface area contributed by atoms with Crippen molar-refractivity contribution >= 4 is 5.91 Å². The molecule has 144 valence electrons. The molecule has 1 amide bonds. The van der Waals surface area contributed by atoms with Crippen LogP contribution < -0.4 is 0 Å². The van der Waals surface area contributed by atoms with Gasteiger partial charge in [0.2, 0.25) is 0 Å². The van der Waals surface area contributed by atoms with Crippen molar-refractivity contribution in [2.24, 2.45) is 7.05 Å². The normalized spacial score (nSPS) is 21.0. The molecule has 4 rings (SSSR count). The van der Waals surface area contributed by atoms with E-state index < -0.39 is 5.82 Å². The predicted molar refractivity (Wildman–Crippen MR) is 99.8 cm³/mol. The van der Waals surface area contributed by atoms with Crippen LogP contribution in [0, 0.1) is 5.82 Å². The van der Waals surface area contributed by atoms with E-state index in [1.165, 1.54) is 18.9 Å². The zero-order valence-electron chi connectivity index (χ0n) is 15.8. The van der Waals surface area contributed by atoms with Gasteiger partial charge in [0.05, 0.1) is 12.1 Å². The van der Waals surface area contributed by atoms with Crippen LogP contribution in [0.2, 0.25) is 0 Å². The molecule has 0 bridgehead atoms. The van der Waals surface area contributed by atoms with Crippen molar-refractivity contribution in [3.63, 3.8) is 0 Å². The lowest BCUT2D eigenvalue weighted by atomic mass is 9.96. The summed E-state index contributed by atoms with van der Waals surface area (Å²) in [5.74, 6) is 1.34. The summed E-state index contributed by atoms with van der Waals surface area (Å²) < 4.78 is 16.1. The van der Waals surface area contributed by atoms with Crippen LogP contribution >= 0.6 is 0 Å². The van der Waals surface area contributed by atoms with Crippen LogP contribution in [0.25, 0.3) is 0 Å². The van der Waals surface area contributed by atoms with Gasteiger partial charge in [0.1, 0.15) is 17.5 Å². The molecule has 0 saturated carbocycles. The van der Waals surface area contributed by atoms with Gasteiger partial charge in [-0.2, -0.15) is 0 Å². The molecule has 6 nitrogen and oxygen atoms in total. The monoisotopic (exact) mass is 371 g/mol. The first-order valence-electron chi connectivity index (χ1n) is 9.78. The van der Waals surface area contributed by atoms with E-state index in [1.54, 1.807) is 23.1 Å². The first-order chi connectivity index (χ1) is 13.1. The smallest absolute Gasteiger partial charge is 0.256 e. The van der Waals surface area contributed by atoms with Crippen molar-refractivity contribution in [1.29, 1.82) is 0 Å². The highest BCUT2D eigenvalue weighted by Crippen LogP contribution is 2.27. The molecule has 1 aromatic heterocycles. The molecule has 2 aliphatic rings. The molecule has 1 aromatic carbocycles. The number of likely N-dealkylation sites (tertiary alicyclic amines) is 2. The van der Waals surface area contributed by atoms with Gasteiger partial charge in [-0.1, -0.05) is 12.1 Å². The molecule has 2 saturated heterocycles.